The lowest BCUT2D eigenvalue weighted by molar-refractivity contribution is 0.0955. The molecule has 0 bridgehead atoms. The molecule has 2 rings (SSSR count). The summed E-state index contributed by atoms with van der Waals surface area (Å²) in [4.78, 5) is 15.6. The average molecular weight is 478 g/mol. The van der Waals surface area contributed by atoms with Crippen LogP contribution in [-0.2, 0) is 0 Å². The van der Waals surface area contributed by atoms with Gasteiger partial charge in [-0.1, -0.05) is 15.9 Å². The third-order valence-electron chi connectivity index (χ3n) is 2.46. The minimum atomic E-state index is -0.368. The van der Waals surface area contributed by atoms with Gasteiger partial charge in [0.25, 0.3) is 5.91 Å². The van der Waals surface area contributed by atoms with Crippen LogP contribution in [0.2, 0.25) is 0 Å². The van der Waals surface area contributed by atoms with E-state index >= 15 is 0 Å². The maximum Gasteiger partial charge on any atom is 0.272 e. The van der Waals surface area contributed by atoms with E-state index in [1.54, 1.807) is 24.4 Å². The van der Waals surface area contributed by atoms with Gasteiger partial charge in [-0.2, -0.15) is 5.10 Å². The summed E-state index contributed by atoms with van der Waals surface area (Å²) in [5.74, 6) is -0.314. The second-order valence-corrected chi connectivity index (χ2v) is 6.36. The molecule has 0 atom stereocenters. The van der Waals surface area contributed by atoms with Crippen LogP contribution in [0.3, 0.4) is 0 Å². The van der Waals surface area contributed by atoms with Crippen LogP contribution >= 0.6 is 47.8 Å². The third kappa shape index (κ3) is 3.90. The van der Waals surface area contributed by atoms with E-state index < -0.39 is 0 Å². The molecule has 0 radical (unpaired) electrons. The lowest BCUT2D eigenvalue weighted by Crippen LogP contribution is -2.17. The zero-order valence-electron chi connectivity index (χ0n) is 10.3. The molecule has 0 fully saturated rings. The Bertz CT molecular complexity index is 706. The molecule has 21 heavy (non-hydrogen) atoms. The number of hydrogen-bond donors (Lipinski definition) is 2. The molecule has 1 aromatic heterocycles. The van der Waals surface area contributed by atoms with Gasteiger partial charge in [0.05, 0.1) is 20.7 Å². The number of halogens is 3. The Morgan fingerprint density at radius 2 is 2.10 bits per heavy atom. The smallest absolute Gasteiger partial charge is 0.272 e. The van der Waals surface area contributed by atoms with Crippen molar-refractivity contribution in [3.8, 4) is 5.75 Å². The summed E-state index contributed by atoms with van der Waals surface area (Å²) in [5, 5.41) is 13.7. The normalized spacial score (nSPS) is 10.8. The van der Waals surface area contributed by atoms with E-state index in [-0.39, 0.29) is 11.7 Å². The molecule has 0 saturated heterocycles. The lowest BCUT2D eigenvalue weighted by atomic mass is 10.2. The minimum absolute atomic E-state index is 0.0539. The number of aromatic nitrogens is 1. The number of carbonyl (C=O) groups excluding carboxylic acids is 1. The van der Waals surface area contributed by atoms with Gasteiger partial charge in [-0.15, -0.1) is 0 Å². The fourth-order valence-electron chi connectivity index (χ4n) is 1.43. The summed E-state index contributed by atoms with van der Waals surface area (Å²) in [7, 11) is 0. The largest absolute Gasteiger partial charge is 0.506 e. The Morgan fingerprint density at radius 1 is 1.33 bits per heavy atom. The first-order chi connectivity index (χ1) is 10.0. The number of pyridine rings is 1. The van der Waals surface area contributed by atoms with Crippen molar-refractivity contribution in [2.45, 2.75) is 0 Å². The highest BCUT2D eigenvalue weighted by Crippen LogP contribution is 2.38. The van der Waals surface area contributed by atoms with Crippen LogP contribution in [-0.4, -0.2) is 22.2 Å². The molecule has 2 N–H and O–H groups in total. The van der Waals surface area contributed by atoms with Crippen LogP contribution < -0.4 is 5.43 Å². The van der Waals surface area contributed by atoms with E-state index in [9.17, 15) is 9.90 Å². The van der Waals surface area contributed by atoms with Crippen molar-refractivity contribution in [2.24, 2.45) is 5.10 Å². The van der Waals surface area contributed by atoms with Gasteiger partial charge in [0.15, 0.2) is 0 Å². The van der Waals surface area contributed by atoms with E-state index in [4.69, 9.17) is 0 Å². The van der Waals surface area contributed by atoms with Crippen molar-refractivity contribution in [1.82, 2.24) is 10.4 Å². The maximum atomic E-state index is 11.8. The summed E-state index contributed by atoms with van der Waals surface area (Å²) in [6, 6.07) is 4.98. The molecule has 8 heteroatoms. The molecule has 0 aliphatic heterocycles. The van der Waals surface area contributed by atoms with Gasteiger partial charge in [-0.05, 0) is 50.1 Å². The first kappa shape index (κ1) is 16.1. The summed E-state index contributed by atoms with van der Waals surface area (Å²) in [6.07, 6.45) is 4.45. The Labute approximate surface area is 145 Å². The summed E-state index contributed by atoms with van der Waals surface area (Å²) < 4.78 is 1.71. The Hall–Kier alpha value is -1.25. The molecule has 1 amide bonds. The number of amides is 1. The van der Waals surface area contributed by atoms with Crippen LogP contribution in [0.5, 0.6) is 5.75 Å². The standard InChI is InChI=1S/C13H8Br3N3O2/c14-9-4-10(15)12(20)11(16)8(9)6-18-19-13(21)7-2-1-3-17-5-7/h1-6,20H,(H,19,21). The van der Waals surface area contributed by atoms with Crippen molar-refractivity contribution in [1.29, 1.82) is 0 Å². The zero-order chi connectivity index (χ0) is 15.4. The first-order valence-electron chi connectivity index (χ1n) is 5.60. The number of carbonyl (C=O) groups is 1. The van der Waals surface area contributed by atoms with Crippen molar-refractivity contribution < 1.29 is 9.90 Å². The molecule has 1 heterocycles. The van der Waals surface area contributed by atoms with Crippen LogP contribution in [0.15, 0.2) is 49.1 Å². The number of phenols is 1. The summed E-state index contributed by atoms with van der Waals surface area (Å²) in [6.45, 7) is 0. The fourth-order valence-corrected chi connectivity index (χ4v) is 3.76. The Kier molecular flexibility index (Phi) is 5.49. The second-order valence-electron chi connectivity index (χ2n) is 3.86. The van der Waals surface area contributed by atoms with E-state index in [1.165, 1.54) is 12.4 Å². The maximum absolute atomic E-state index is 11.8. The highest BCUT2D eigenvalue weighted by molar-refractivity contribution is 9.11. The number of hydrogen-bond acceptors (Lipinski definition) is 4. The third-order valence-corrected chi connectivity index (χ3v) is 4.53. The molecule has 0 unspecified atom stereocenters. The van der Waals surface area contributed by atoms with Crippen LogP contribution in [0.25, 0.3) is 0 Å². The molecule has 5 nitrogen and oxygen atoms in total. The number of aromatic hydroxyl groups is 1. The van der Waals surface area contributed by atoms with E-state index in [0.29, 0.717) is 24.5 Å². The molecule has 0 aliphatic rings. The van der Waals surface area contributed by atoms with E-state index in [0.717, 1.165) is 0 Å². The number of nitrogens with zero attached hydrogens (tertiary/aromatic N) is 2. The quantitative estimate of drug-likeness (QED) is 0.521. The molecule has 0 saturated carbocycles. The van der Waals surface area contributed by atoms with Gasteiger partial charge in [0.2, 0.25) is 0 Å². The van der Waals surface area contributed by atoms with Gasteiger partial charge in [-0.3, -0.25) is 9.78 Å². The molecule has 0 aliphatic carbocycles. The van der Waals surface area contributed by atoms with Crippen LogP contribution in [0.4, 0.5) is 0 Å². The van der Waals surface area contributed by atoms with E-state index in [2.05, 4.69) is 63.3 Å². The fraction of sp³-hybridized carbons (Fsp3) is 0. The second kappa shape index (κ2) is 7.15. The minimum Gasteiger partial charge on any atom is -0.506 e. The predicted octanol–water partition coefficient (Wildman–Crippen LogP) is 3.84. The molecule has 1 aromatic carbocycles. The first-order valence-corrected chi connectivity index (χ1v) is 7.98. The van der Waals surface area contributed by atoms with Gasteiger partial charge in [-0.25, -0.2) is 5.43 Å². The number of benzene rings is 1. The predicted molar refractivity (Wildman–Crippen MR) is 90.5 cm³/mol. The molecular weight excluding hydrogens is 470 g/mol. The monoisotopic (exact) mass is 475 g/mol. The van der Waals surface area contributed by atoms with Gasteiger partial charge < -0.3 is 5.11 Å². The van der Waals surface area contributed by atoms with Crippen molar-refractivity contribution in [2.75, 3.05) is 0 Å². The van der Waals surface area contributed by atoms with Crippen molar-refractivity contribution >= 4 is 59.9 Å². The average Bonchev–Trinajstić information content (AvgIpc) is 2.49. The number of nitrogens with one attached hydrogen (secondary N) is 1. The Balaban J connectivity index is 2.16. The number of phenolic OH excluding ortho intramolecular Hbond substituents is 1. The van der Waals surface area contributed by atoms with Crippen molar-refractivity contribution in [3.63, 3.8) is 0 Å². The molecule has 2 aromatic rings. The van der Waals surface area contributed by atoms with Gasteiger partial charge >= 0.3 is 0 Å². The van der Waals surface area contributed by atoms with Crippen LogP contribution in [0, 0.1) is 0 Å². The SMILES string of the molecule is O=C(NN=Cc1c(Br)cc(Br)c(O)c1Br)c1cccnc1. The lowest BCUT2D eigenvalue weighted by Gasteiger charge is -2.06. The summed E-state index contributed by atoms with van der Waals surface area (Å²) >= 11 is 9.85. The van der Waals surface area contributed by atoms with Gasteiger partial charge in [0, 0.05) is 22.4 Å². The van der Waals surface area contributed by atoms with Gasteiger partial charge in [0.1, 0.15) is 5.75 Å². The number of rotatable bonds is 3. The van der Waals surface area contributed by atoms with Crippen molar-refractivity contribution in [3.05, 3.63) is 55.1 Å². The highest BCUT2D eigenvalue weighted by Gasteiger charge is 2.12. The topological polar surface area (TPSA) is 74.6 Å². The van der Waals surface area contributed by atoms with Crippen LogP contribution in [0.1, 0.15) is 15.9 Å². The Morgan fingerprint density at radius 3 is 2.76 bits per heavy atom. The highest BCUT2D eigenvalue weighted by atomic mass is 79.9. The molecule has 0 spiro atoms. The molecular formula is C13H8Br3N3O2. The summed E-state index contributed by atoms with van der Waals surface area (Å²) in [5.41, 5.74) is 3.40. The molecule has 108 valence electrons. The van der Waals surface area contributed by atoms with E-state index in [1.807, 2.05) is 0 Å². The zero-order valence-corrected chi connectivity index (χ0v) is 15.1. The number of hydrazone groups is 1.